The second kappa shape index (κ2) is 11.5. The molecular weight excluding hydrogens is 433 g/mol. The lowest BCUT2D eigenvalue weighted by Crippen LogP contribution is -2.63. The topological polar surface area (TPSA) is 71.0 Å². The summed E-state index contributed by atoms with van der Waals surface area (Å²) in [6.07, 6.45) is 1.60. The molecule has 1 aliphatic heterocycles. The van der Waals surface area contributed by atoms with Crippen molar-refractivity contribution in [2.75, 3.05) is 13.2 Å². The van der Waals surface area contributed by atoms with Crippen molar-refractivity contribution >= 4 is 0 Å². The molecule has 3 N–H and O–H groups in total. The lowest BCUT2D eigenvalue weighted by molar-refractivity contribution is -0.0999. The maximum Gasteiger partial charge on any atom is 0.143 e. The Balaban J connectivity index is 1.48. The average molecular weight is 466 g/mol. The van der Waals surface area contributed by atoms with E-state index >= 15 is 0 Å². The largest absolute Gasteiger partial charge is 0.489 e. The van der Waals surface area contributed by atoms with Crippen LogP contribution in [0.1, 0.15) is 30.4 Å². The van der Waals surface area contributed by atoms with E-state index in [1.165, 1.54) is 12.1 Å². The van der Waals surface area contributed by atoms with Gasteiger partial charge in [-0.15, -0.1) is 0 Å². The van der Waals surface area contributed by atoms with E-state index in [1.807, 2.05) is 54.6 Å². The second-order valence-electron chi connectivity index (χ2n) is 8.87. The van der Waals surface area contributed by atoms with Crippen LogP contribution in [0.15, 0.2) is 78.9 Å². The molecule has 180 valence electrons. The molecule has 0 bridgehead atoms. The van der Waals surface area contributed by atoms with Crippen molar-refractivity contribution in [3.63, 3.8) is 0 Å². The molecule has 1 heterocycles. The lowest BCUT2D eigenvalue weighted by atomic mass is 9.78. The summed E-state index contributed by atoms with van der Waals surface area (Å²) in [6, 6.07) is 23.5. The predicted octanol–water partition coefficient (Wildman–Crippen LogP) is 4.26. The molecule has 0 spiro atoms. The molecule has 34 heavy (non-hydrogen) atoms. The van der Waals surface area contributed by atoms with Gasteiger partial charge < -0.3 is 25.0 Å². The van der Waals surface area contributed by atoms with Gasteiger partial charge >= 0.3 is 0 Å². The highest BCUT2D eigenvalue weighted by atomic mass is 19.1. The van der Waals surface area contributed by atoms with E-state index in [1.54, 1.807) is 12.1 Å². The molecule has 3 aromatic rings. The van der Waals surface area contributed by atoms with Crippen molar-refractivity contribution in [3.05, 3.63) is 95.8 Å². The van der Waals surface area contributed by atoms with Crippen LogP contribution < -0.4 is 14.8 Å². The number of aliphatic hydroxyl groups is 2. The predicted molar refractivity (Wildman–Crippen MR) is 129 cm³/mol. The van der Waals surface area contributed by atoms with Crippen LogP contribution in [-0.2, 0) is 13.0 Å². The summed E-state index contributed by atoms with van der Waals surface area (Å²) in [7, 11) is 0. The van der Waals surface area contributed by atoms with Crippen molar-refractivity contribution in [1.82, 2.24) is 5.32 Å². The lowest BCUT2D eigenvalue weighted by Gasteiger charge is -2.45. The number of nitrogens with one attached hydrogen (secondary N) is 1. The van der Waals surface area contributed by atoms with Gasteiger partial charge in [0.25, 0.3) is 0 Å². The van der Waals surface area contributed by atoms with Crippen LogP contribution in [0.25, 0.3) is 0 Å². The van der Waals surface area contributed by atoms with E-state index in [0.29, 0.717) is 44.6 Å². The molecule has 1 aliphatic rings. The highest BCUT2D eigenvalue weighted by molar-refractivity contribution is 5.32. The van der Waals surface area contributed by atoms with Gasteiger partial charge in [0.15, 0.2) is 0 Å². The molecule has 5 nitrogen and oxygen atoms in total. The molecule has 6 heteroatoms. The molecule has 0 saturated carbocycles. The van der Waals surface area contributed by atoms with Gasteiger partial charge in [0, 0.05) is 19.1 Å². The zero-order chi connectivity index (χ0) is 23.8. The van der Waals surface area contributed by atoms with Crippen LogP contribution in [0.2, 0.25) is 0 Å². The average Bonchev–Trinajstić information content (AvgIpc) is 2.86. The van der Waals surface area contributed by atoms with Gasteiger partial charge in [-0.05, 0) is 73.3 Å². The van der Waals surface area contributed by atoms with Gasteiger partial charge in [0.05, 0.1) is 0 Å². The van der Waals surface area contributed by atoms with Gasteiger partial charge in [-0.2, -0.15) is 0 Å². The van der Waals surface area contributed by atoms with Gasteiger partial charge in [0.1, 0.15) is 35.6 Å². The molecule has 3 aromatic carbocycles. The first-order valence-corrected chi connectivity index (χ1v) is 11.8. The number of ether oxygens (including phenoxy) is 2. The SMILES string of the molecule is OCCCC1NCCC(O)(Cc2ccc(F)cc2)C1Oc1ccc(OCc2ccccc2)cc1. The Labute approximate surface area is 200 Å². The zero-order valence-corrected chi connectivity index (χ0v) is 19.2. The van der Waals surface area contributed by atoms with Crippen LogP contribution >= 0.6 is 0 Å². The number of hydrogen-bond donors (Lipinski definition) is 3. The molecule has 1 saturated heterocycles. The number of piperidine rings is 1. The molecular formula is C28H32FNO4. The maximum atomic E-state index is 13.4. The normalized spacial score (nSPS) is 22.3. The third kappa shape index (κ3) is 6.35. The highest BCUT2D eigenvalue weighted by Crippen LogP contribution is 2.32. The van der Waals surface area contributed by atoms with Crippen molar-refractivity contribution in [1.29, 1.82) is 0 Å². The Morgan fingerprint density at radius 1 is 0.912 bits per heavy atom. The summed E-state index contributed by atoms with van der Waals surface area (Å²) >= 11 is 0. The van der Waals surface area contributed by atoms with Crippen molar-refractivity contribution in [3.8, 4) is 11.5 Å². The Morgan fingerprint density at radius 2 is 1.62 bits per heavy atom. The molecule has 0 aliphatic carbocycles. The zero-order valence-electron chi connectivity index (χ0n) is 19.2. The molecule has 3 unspecified atom stereocenters. The summed E-state index contributed by atoms with van der Waals surface area (Å²) in [5.74, 6) is 1.06. The minimum atomic E-state index is -1.13. The Kier molecular flexibility index (Phi) is 8.16. The van der Waals surface area contributed by atoms with Gasteiger partial charge in [-0.3, -0.25) is 0 Å². The third-order valence-electron chi connectivity index (χ3n) is 6.29. The quantitative estimate of drug-likeness (QED) is 0.417. The first kappa shape index (κ1) is 24.2. The molecule has 4 rings (SSSR count). The van der Waals surface area contributed by atoms with E-state index in [0.717, 1.165) is 16.9 Å². The Hall–Kier alpha value is -2.93. The van der Waals surface area contributed by atoms with Crippen LogP contribution in [0.3, 0.4) is 0 Å². The summed E-state index contributed by atoms with van der Waals surface area (Å²) in [6.45, 7) is 1.20. The fourth-order valence-electron chi connectivity index (χ4n) is 4.50. The van der Waals surface area contributed by atoms with E-state index in [9.17, 15) is 14.6 Å². The Morgan fingerprint density at radius 3 is 2.32 bits per heavy atom. The van der Waals surface area contributed by atoms with Crippen LogP contribution in [0, 0.1) is 5.82 Å². The summed E-state index contributed by atoms with van der Waals surface area (Å²) in [5.41, 5.74) is 0.810. The summed E-state index contributed by atoms with van der Waals surface area (Å²) < 4.78 is 25.6. The monoisotopic (exact) mass is 465 g/mol. The first-order valence-electron chi connectivity index (χ1n) is 11.8. The first-order chi connectivity index (χ1) is 16.6. The molecule has 1 fully saturated rings. The number of aliphatic hydroxyl groups excluding tert-OH is 1. The number of rotatable bonds is 10. The fraction of sp³-hybridized carbons (Fsp3) is 0.357. The molecule has 0 radical (unpaired) electrons. The van der Waals surface area contributed by atoms with Crippen molar-refractivity contribution in [2.45, 2.75) is 50.0 Å². The van der Waals surface area contributed by atoms with Gasteiger partial charge in [-0.1, -0.05) is 42.5 Å². The Bertz CT molecular complexity index is 1010. The molecule has 3 atom stereocenters. The van der Waals surface area contributed by atoms with E-state index in [-0.39, 0.29) is 18.5 Å². The van der Waals surface area contributed by atoms with Gasteiger partial charge in [-0.25, -0.2) is 4.39 Å². The highest BCUT2D eigenvalue weighted by Gasteiger charge is 2.46. The summed E-state index contributed by atoms with van der Waals surface area (Å²) in [4.78, 5) is 0. The van der Waals surface area contributed by atoms with E-state index in [2.05, 4.69) is 5.32 Å². The van der Waals surface area contributed by atoms with Gasteiger partial charge in [0.2, 0.25) is 0 Å². The third-order valence-corrected chi connectivity index (χ3v) is 6.29. The second-order valence-corrected chi connectivity index (χ2v) is 8.87. The van der Waals surface area contributed by atoms with Crippen LogP contribution in [-0.4, -0.2) is 41.1 Å². The van der Waals surface area contributed by atoms with Crippen molar-refractivity contribution < 1.29 is 24.1 Å². The van der Waals surface area contributed by atoms with Crippen molar-refractivity contribution in [2.24, 2.45) is 0 Å². The maximum absolute atomic E-state index is 13.4. The van der Waals surface area contributed by atoms with Crippen LogP contribution in [0.4, 0.5) is 4.39 Å². The summed E-state index contributed by atoms with van der Waals surface area (Å²) in [5, 5.41) is 24.5. The minimum absolute atomic E-state index is 0.0781. The van der Waals surface area contributed by atoms with E-state index < -0.39 is 11.7 Å². The standard InChI is InChI=1S/C28H32FNO4/c29-23-10-8-21(9-11-23)19-28(32)16-17-30-26(7-4-18-31)27(28)34-25-14-12-24(13-15-25)33-20-22-5-2-1-3-6-22/h1-3,5-6,8-15,26-27,30-32H,4,7,16-20H2. The number of halogens is 1. The number of hydrogen-bond acceptors (Lipinski definition) is 5. The fourth-order valence-corrected chi connectivity index (χ4v) is 4.50. The number of benzene rings is 3. The van der Waals surface area contributed by atoms with Crippen LogP contribution in [0.5, 0.6) is 11.5 Å². The molecule has 0 amide bonds. The molecule has 0 aromatic heterocycles. The smallest absolute Gasteiger partial charge is 0.143 e. The minimum Gasteiger partial charge on any atom is -0.489 e. The van der Waals surface area contributed by atoms with E-state index in [4.69, 9.17) is 9.47 Å².